The maximum atomic E-state index is 12.5. The van der Waals surface area contributed by atoms with Gasteiger partial charge in [0.15, 0.2) is 0 Å². The second kappa shape index (κ2) is 6.88. The minimum Gasteiger partial charge on any atom is -0.394 e. The van der Waals surface area contributed by atoms with Crippen LogP contribution in [0.3, 0.4) is 0 Å². The molecule has 0 bridgehead atoms. The molecule has 2 aromatic heterocycles. The van der Waals surface area contributed by atoms with Crippen LogP contribution >= 0.6 is 38.9 Å². The van der Waals surface area contributed by atoms with Gasteiger partial charge in [-0.25, -0.2) is 0 Å². The summed E-state index contributed by atoms with van der Waals surface area (Å²) in [5.74, 6) is -0.247. The highest BCUT2D eigenvalue weighted by atomic mass is 79.9. The Labute approximate surface area is 157 Å². The zero-order valence-corrected chi connectivity index (χ0v) is 16.1. The fourth-order valence-electron chi connectivity index (χ4n) is 2.55. The first-order chi connectivity index (χ1) is 11.4. The predicted octanol–water partition coefficient (Wildman–Crippen LogP) is 4.37. The van der Waals surface area contributed by atoms with Gasteiger partial charge >= 0.3 is 0 Å². The zero-order chi connectivity index (χ0) is 17.3. The molecule has 0 aliphatic carbocycles. The second-order valence-electron chi connectivity index (χ2n) is 5.99. The number of benzene rings is 1. The minimum atomic E-state index is -0.749. The van der Waals surface area contributed by atoms with Crippen LogP contribution < -0.4 is 5.32 Å². The number of halogens is 2. The van der Waals surface area contributed by atoms with Gasteiger partial charge in [0.25, 0.3) is 5.91 Å². The number of amides is 1. The Hall–Kier alpha value is -1.34. The van der Waals surface area contributed by atoms with Crippen LogP contribution in [-0.2, 0) is 6.42 Å². The van der Waals surface area contributed by atoms with Crippen LogP contribution in [0.15, 0.2) is 40.9 Å². The summed E-state index contributed by atoms with van der Waals surface area (Å²) in [6.45, 7) is 1.67. The Morgan fingerprint density at radius 2 is 2.08 bits per heavy atom. The first kappa shape index (κ1) is 17.5. The number of carbonyl (C=O) groups excluding carboxylic acids is 1. The predicted molar refractivity (Wildman–Crippen MR) is 102 cm³/mol. The van der Waals surface area contributed by atoms with Crippen LogP contribution in [0.2, 0.25) is 4.34 Å². The normalized spacial score (nSPS) is 13.8. The van der Waals surface area contributed by atoms with Crippen molar-refractivity contribution in [2.75, 3.05) is 6.61 Å². The Morgan fingerprint density at radius 3 is 2.71 bits per heavy atom. The molecule has 0 saturated heterocycles. The molecule has 0 aliphatic rings. The van der Waals surface area contributed by atoms with E-state index >= 15 is 0 Å². The lowest BCUT2D eigenvalue weighted by atomic mass is 9.93. The molecule has 1 aromatic carbocycles. The number of nitrogens with one attached hydrogen (secondary N) is 2. The average molecular weight is 428 g/mol. The van der Waals surface area contributed by atoms with E-state index in [0.717, 1.165) is 20.3 Å². The summed E-state index contributed by atoms with van der Waals surface area (Å²) in [5, 5.41) is 12.7. The van der Waals surface area contributed by atoms with E-state index in [1.165, 1.54) is 11.3 Å². The molecule has 0 aliphatic heterocycles. The number of aliphatic hydroxyl groups is 1. The number of thiophene rings is 1. The lowest BCUT2D eigenvalue weighted by Crippen LogP contribution is -2.50. The Balaban J connectivity index is 1.76. The molecule has 0 saturated carbocycles. The molecule has 3 N–H and O–H groups in total. The number of rotatable bonds is 5. The van der Waals surface area contributed by atoms with Gasteiger partial charge in [0.2, 0.25) is 0 Å². The Kier molecular flexibility index (Phi) is 5.01. The minimum absolute atomic E-state index is 0.157. The molecular weight excluding hydrogens is 412 g/mol. The Morgan fingerprint density at radius 1 is 1.38 bits per heavy atom. The molecule has 4 nitrogen and oxygen atoms in total. The van der Waals surface area contributed by atoms with Crippen molar-refractivity contribution >= 4 is 55.0 Å². The van der Waals surface area contributed by atoms with E-state index in [9.17, 15) is 9.90 Å². The maximum absolute atomic E-state index is 12.5. The first-order valence-electron chi connectivity index (χ1n) is 7.34. The second-order valence-corrected chi connectivity index (χ2v) is 8.62. The standard InChI is InChI=1S/C17H16BrClN2O2S/c1-17(9-22,8-10-2-4-11(18)5-3-10)21-16(23)13-6-14-12(20-13)7-15(19)24-14/h2-7,20,22H,8-9H2,1H3,(H,21,23). The third-order valence-corrected chi connectivity index (χ3v) is 5.53. The van der Waals surface area contributed by atoms with Crippen molar-refractivity contribution in [3.8, 4) is 0 Å². The Bertz CT molecular complexity index is 843. The van der Waals surface area contributed by atoms with Gasteiger partial charge in [0.05, 0.1) is 26.7 Å². The number of aromatic nitrogens is 1. The summed E-state index contributed by atoms with van der Waals surface area (Å²) in [7, 11) is 0. The molecule has 3 aromatic rings. The lowest BCUT2D eigenvalue weighted by Gasteiger charge is -2.28. The highest BCUT2D eigenvalue weighted by Crippen LogP contribution is 2.29. The number of fused-ring (bicyclic) bond motifs is 1. The molecule has 126 valence electrons. The van der Waals surface area contributed by atoms with Crippen molar-refractivity contribution in [2.45, 2.75) is 18.9 Å². The number of carbonyl (C=O) groups is 1. The van der Waals surface area contributed by atoms with Gasteiger partial charge in [-0.05, 0) is 43.2 Å². The molecule has 7 heteroatoms. The van der Waals surface area contributed by atoms with E-state index < -0.39 is 5.54 Å². The molecule has 24 heavy (non-hydrogen) atoms. The molecule has 0 fully saturated rings. The van der Waals surface area contributed by atoms with Crippen molar-refractivity contribution in [2.24, 2.45) is 0 Å². The highest BCUT2D eigenvalue weighted by molar-refractivity contribution is 9.10. The number of H-pyrrole nitrogens is 1. The molecule has 0 spiro atoms. The smallest absolute Gasteiger partial charge is 0.268 e. The molecule has 1 atom stereocenters. The van der Waals surface area contributed by atoms with Gasteiger partial charge < -0.3 is 15.4 Å². The third kappa shape index (κ3) is 3.83. The van der Waals surface area contributed by atoms with Crippen LogP contribution in [0.1, 0.15) is 23.0 Å². The number of hydrogen-bond acceptors (Lipinski definition) is 3. The van der Waals surface area contributed by atoms with Gasteiger partial charge in [-0.2, -0.15) is 0 Å². The van der Waals surface area contributed by atoms with Gasteiger partial charge in [-0.1, -0.05) is 39.7 Å². The molecule has 1 unspecified atom stereocenters. The average Bonchev–Trinajstić information content (AvgIpc) is 3.07. The van der Waals surface area contributed by atoms with Crippen LogP contribution in [0.25, 0.3) is 10.2 Å². The van der Waals surface area contributed by atoms with Crippen molar-refractivity contribution in [3.05, 3.63) is 56.5 Å². The van der Waals surface area contributed by atoms with E-state index in [2.05, 4.69) is 26.2 Å². The topological polar surface area (TPSA) is 65.1 Å². The summed E-state index contributed by atoms with van der Waals surface area (Å²) in [6, 6.07) is 11.4. The molecule has 0 radical (unpaired) electrons. The van der Waals surface area contributed by atoms with Crippen molar-refractivity contribution in [1.29, 1.82) is 0 Å². The van der Waals surface area contributed by atoms with E-state index in [1.54, 1.807) is 12.1 Å². The summed E-state index contributed by atoms with van der Waals surface area (Å²) < 4.78 is 2.61. The van der Waals surface area contributed by atoms with Gasteiger partial charge in [0.1, 0.15) is 5.69 Å². The fraction of sp³-hybridized carbons (Fsp3) is 0.235. The molecule has 3 rings (SSSR count). The maximum Gasteiger partial charge on any atom is 0.268 e. The summed E-state index contributed by atoms with van der Waals surface area (Å²) >= 11 is 10.8. The van der Waals surface area contributed by atoms with E-state index in [4.69, 9.17) is 11.6 Å². The number of aliphatic hydroxyl groups excluding tert-OH is 1. The quantitative estimate of drug-likeness (QED) is 0.566. The monoisotopic (exact) mass is 426 g/mol. The van der Waals surface area contributed by atoms with Gasteiger partial charge in [-0.15, -0.1) is 11.3 Å². The van der Waals surface area contributed by atoms with E-state index in [0.29, 0.717) is 16.5 Å². The van der Waals surface area contributed by atoms with E-state index in [1.807, 2.05) is 31.2 Å². The summed E-state index contributed by atoms with van der Waals surface area (Å²) in [6.07, 6.45) is 0.531. The first-order valence-corrected chi connectivity index (χ1v) is 9.33. The van der Waals surface area contributed by atoms with Crippen molar-refractivity contribution < 1.29 is 9.90 Å². The summed E-state index contributed by atoms with van der Waals surface area (Å²) in [5.41, 5.74) is 1.59. The molecule has 2 heterocycles. The van der Waals surface area contributed by atoms with Crippen molar-refractivity contribution in [3.63, 3.8) is 0 Å². The number of hydrogen-bond donors (Lipinski definition) is 3. The number of aromatic amines is 1. The highest BCUT2D eigenvalue weighted by Gasteiger charge is 2.27. The van der Waals surface area contributed by atoms with E-state index in [-0.39, 0.29) is 12.5 Å². The van der Waals surface area contributed by atoms with Crippen LogP contribution in [0, 0.1) is 0 Å². The molecular formula is C17H16BrClN2O2S. The van der Waals surface area contributed by atoms with Crippen molar-refractivity contribution in [1.82, 2.24) is 10.3 Å². The largest absolute Gasteiger partial charge is 0.394 e. The fourth-order valence-corrected chi connectivity index (χ4v) is 3.95. The van der Waals surface area contributed by atoms with Crippen LogP contribution in [0.4, 0.5) is 0 Å². The zero-order valence-electron chi connectivity index (χ0n) is 12.9. The van der Waals surface area contributed by atoms with Crippen LogP contribution in [0.5, 0.6) is 0 Å². The van der Waals surface area contributed by atoms with Crippen LogP contribution in [-0.4, -0.2) is 28.1 Å². The summed E-state index contributed by atoms with van der Waals surface area (Å²) in [4.78, 5) is 15.6. The SMILES string of the molecule is CC(CO)(Cc1ccc(Br)cc1)NC(=O)c1cc2sc(Cl)cc2[nH]1. The lowest BCUT2D eigenvalue weighted by molar-refractivity contribution is 0.0848. The van der Waals surface area contributed by atoms with Gasteiger partial charge in [0, 0.05) is 4.47 Å². The third-order valence-electron chi connectivity index (χ3n) is 3.79. The van der Waals surface area contributed by atoms with Gasteiger partial charge in [-0.3, -0.25) is 4.79 Å². The molecule has 1 amide bonds.